The van der Waals surface area contributed by atoms with Crippen molar-refractivity contribution in [1.29, 1.82) is 0 Å². The summed E-state index contributed by atoms with van der Waals surface area (Å²) in [6, 6.07) is 0. The number of fused-ring (bicyclic) bond motifs is 2. The second kappa shape index (κ2) is 7.34. The Morgan fingerprint density at radius 1 is 0.933 bits per heavy atom. The second-order valence-corrected chi connectivity index (χ2v) is 18.3. The molecule has 14 heteroatoms. The van der Waals surface area contributed by atoms with E-state index in [0.29, 0.717) is 12.8 Å². The average molecular weight is 504 g/mol. The minimum atomic E-state index is -6.77. The second-order valence-electron chi connectivity index (χ2n) is 9.41. The number of nitrogens with zero attached hydrogens (tertiary/aromatic N) is 1. The topological polar surface area (TPSA) is 71.5 Å². The molecule has 0 amide bonds. The highest BCUT2D eigenvalue weighted by Gasteiger charge is 2.70. The van der Waals surface area contributed by atoms with Crippen LogP contribution in [0.1, 0.15) is 46.5 Å². The molecule has 0 spiro atoms. The number of hydrogen-bond acceptors (Lipinski definition) is 4. The number of sulfonamides is 2. The summed E-state index contributed by atoms with van der Waals surface area (Å²) in [5.74, 6) is -0.348. The van der Waals surface area contributed by atoms with Gasteiger partial charge in [0.2, 0.25) is 0 Å². The smallest absolute Gasteiger partial charge is 0.202 e. The fourth-order valence-electron chi connectivity index (χ4n) is 5.56. The molecule has 178 valence electrons. The normalized spacial score (nSPS) is 30.3. The molecular weight excluding hydrogens is 476 g/mol. The number of rotatable bonds is 6. The molecule has 3 saturated carbocycles. The molecule has 3 aliphatic rings. The summed E-state index contributed by atoms with van der Waals surface area (Å²) in [5.41, 5.74) is -13.4. The van der Waals surface area contributed by atoms with E-state index >= 15 is 0 Å². The van der Waals surface area contributed by atoms with Crippen LogP contribution in [0, 0.1) is 23.2 Å². The summed E-state index contributed by atoms with van der Waals surface area (Å²) in [7, 11) is -17.9. The SMILES string of the molecule is CCC[C@H]1[C@@H]2C[C@H](C[C@@H]1[Si](C)(C)N(S(=O)(=O)C(F)(F)F)S(=O)(=O)C(F)(F)F)C2(C)C. The third kappa shape index (κ3) is 3.72. The van der Waals surface area contributed by atoms with Gasteiger partial charge in [0.1, 0.15) is 0 Å². The van der Waals surface area contributed by atoms with Crippen molar-refractivity contribution in [2.24, 2.45) is 23.2 Å². The van der Waals surface area contributed by atoms with Gasteiger partial charge < -0.3 is 0 Å². The Hall–Kier alpha value is -0.343. The first-order valence-electron chi connectivity index (χ1n) is 9.58. The van der Waals surface area contributed by atoms with Crippen LogP contribution in [0.4, 0.5) is 26.3 Å². The minimum absolute atomic E-state index is 0.00277. The molecule has 5 nitrogen and oxygen atoms in total. The van der Waals surface area contributed by atoms with E-state index in [4.69, 9.17) is 0 Å². The molecule has 3 aliphatic carbocycles. The zero-order valence-corrected chi connectivity index (χ0v) is 19.9. The number of alkyl halides is 6. The van der Waals surface area contributed by atoms with E-state index in [9.17, 15) is 43.2 Å². The van der Waals surface area contributed by atoms with Crippen molar-refractivity contribution < 1.29 is 43.2 Å². The Bertz CT molecular complexity index is 838. The molecular formula is C16H27F6NO4S2Si. The van der Waals surface area contributed by atoms with Crippen molar-refractivity contribution in [2.45, 2.75) is 76.1 Å². The number of hydrogen-bond donors (Lipinski definition) is 0. The third-order valence-electron chi connectivity index (χ3n) is 7.14. The van der Waals surface area contributed by atoms with Gasteiger partial charge in [-0.3, -0.25) is 0 Å². The van der Waals surface area contributed by atoms with Crippen molar-refractivity contribution in [3.8, 4) is 0 Å². The van der Waals surface area contributed by atoms with Crippen LogP contribution in [0.25, 0.3) is 0 Å². The van der Waals surface area contributed by atoms with Gasteiger partial charge in [0, 0.05) is 0 Å². The van der Waals surface area contributed by atoms with E-state index in [-0.39, 0.29) is 29.6 Å². The van der Waals surface area contributed by atoms with Gasteiger partial charge in [0.05, 0.1) is 0 Å². The molecule has 3 rings (SSSR count). The summed E-state index contributed by atoms with van der Waals surface area (Å²) in [5, 5.41) is 0. The van der Waals surface area contributed by atoms with E-state index in [2.05, 4.69) is 0 Å². The van der Waals surface area contributed by atoms with Gasteiger partial charge in [0.25, 0.3) is 0 Å². The predicted molar refractivity (Wildman–Crippen MR) is 101 cm³/mol. The summed E-state index contributed by atoms with van der Waals surface area (Å²) in [6.07, 6.45) is 2.05. The van der Waals surface area contributed by atoms with Gasteiger partial charge in [-0.2, -0.15) is 26.3 Å². The molecule has 4 atom stereocenters. The molecule has 0 aromatic carbocycles. The Kier molecular flexibility index (Phi) is 6.34. The maximum atomic E-state index is 13.3. The van der Waals surface area contributed by atoms with Crippen molar-refractivity contribution in [1.82, 2.24) is 3.38 Å². The quantitative estimate of drug-likeness (QED) is 0.376. The predicted octanol–water partition coefficient (Wildman–Crippen LogP) is 5.05. The highest BCUT2D eigenvalue weighted by molar-refractivity contribution is 8.06. The van der Waals surface area contributed by atoms with Crippen LogP contribution >= 0.6 is 0 Å². The van der Waals surface area contributed by atoms with Gasteiger partial charge in [-0.25, -0.2) is 16.8 Å². The minimum Gasteiger partial charge on any atom is -0.202 e. The fraction of sp³-hybridized carbons (Fsp3) is 1.00. The molecule has 30 heavy (non-hydrogen) atoms. The lowest BCUT2D eigenvalue weighted by molar-refractivity contribution is -0.108. The molecule has 3 fully saturated rings. The van der Waals surface area contributed by atoms with Crippen molar-refractivity contribution in [3.05, 3.63) is 0 Å². The van der Waals surface area contributed by atoms with Crippen molar-refractivity contribution in [3.63, 3.8) is 0 Å². The summed E-state index contributed by atoms with van der Waals surface area (Å²) in [4.78, 5) is 0. The first kappa shape index (κ1) is 25.9. The summed E-state index contributed by atoms with van der Waals surface area (Å²) < 4.78 is 127. The summed E-state index contributed by atoms with van der Waals surface area (Å²) >= 11 is 0. The van der Waals surface area contributed by atoms with Gasteiger partial charge in [-0.1, -0.05) is 46.7 Å². The van der Waals surface area contributed by atoms with E-state index in [1.807, 2.05) is 20.8 Å². The van der Waals surface area contributed by atoms with E-state index in [1.54, 1.807) is 0 Å². The monoisotopic (exact) mass is 503 g/mol. The van der Waals surface area contributed by atoms with Gasteiger partial charge in [-0.15, -0.1) is 3.38 Å². The number of halogens is 6. The highest BCUT2D eigenvalue weighted by atomic mass is 32.3. The molecule has 2 bridgehead atoms. The largest absolute Gasteiger partial charge is 0.512 e. The molecule has 0 aromatic heterocycles. The van der Waals surface area contributed by atoms with Crippen LogP contribution in [0.5, 0.6) is 0 Å². The van der Waals surface area contributed by atoms with Gasteiger partial charge in [0.15, 0.2) is 8.24 Å². The van der Waals surface area contributed by atoms with Crippen molar-refractivity contribution in [2.75, 3.05) is 0 Å². The molecule has 0 unspecified atom stereocenters. The van der Waals surface area contributed by atoms with Crippen LogP contribution in [0.3, 0.4) is 0 Å². The molecule has 0 saturated heterocycles. The maximum absolute atomic E-state index is 13.3. The molecule has 0 heterocycles. The van der Waals surface area contributed by atoms with E-state index in [0.717, 1.165) is 19.5 Å². The lowest BCUT2D eigenvalue weighted by atomic mass is 9.45. The summed E-state index contributed by atoms with van der Waals surface area (Å²) in [6.45, 7) is 7.77. The van der Waals surface area contributed by atoms with Crippen LogP contribution in [-0.4, -0.2) is 39.5 Å². The van der Waals surface area contributed by atoms with Crippen molar-refractivity contribution >= 4 is 28.3 Å². The fourth-order valence-corrected chi connectivity index (χ4v) is 16.4. The lowest BCUT2D eigenvalue weighted by Crippen LogP contribution is -2.67. The molecule has 0 N–H and O–H groups in total. The molecule has 0 aliphatic heterocycles. The van der Waals surface area contributed by atoms with Crippen LogP contribution in [-0.2, 0) is 20.0 Å². The van der Waals surface area contributed by atoms with E-state index in [1.165, 1.54) is 0 Å². The molecule has 0 aromatic rings. The first-order valence-corrected chi connectivity index (χ1v) is 15.5. The zero-order valence-electron chi connectivity index (χ0n) is 17.3. The zero-order chi connectivity index (χ0) is 23.7. The van der Waals surface area contributed by atoms with Crippen LogP contribution < -0.4 is 0 Å². The van der Waals surface area contributed by atoms with Gasteiger partial charge in [-0.05, 0) is 41.6 Å². The Labute approximate surface area is 174 Å². The lowest BCUT2D eigenvalue weighted by Gasteiger charge is -2.65. The van der Waals surface area contributed by atoms with Gasteiger partial charge >= 0.3 is 31.1 Å². The Morgan fingerprint density at radius 3 is 1.70 bits per heavy atom. The Balaban J connectivity index is 2.69. The Morgan fingerprint density at radius 2 is 1.37 bits per heavy atom. The van der Waals surface area contributed by atoms with Crippen LogP contribution in [0.15, 0.2) is 0 Å². The average Bonchev–Trinajstić information content (AvgIpc) is 2.51. The first-order chi connectivity index (χ1) is 13.1. The highest BCUT2D eigenvalue weighted by Crippen LogP contribution is 2.67. The van der Waals surface area contributed by atoms with E-state index < -0.39 is 48.2 Å². The standard InChI is InChI=1S/C16H27F6NO4S2Si/c1-6-7-11-12-8-10(14(12,2)3)9-13(11)30(4,5)23(28(24,25)15(17,18)19)29(26,27)16(20,21)22/h10-13H,6-9H2,1-5H3/t10-,11+,12+,13+/m1/s1. The molecule has 0 radical (unpaired) electrons. The maximum Gasteiger partial charge on any atom is 0.512 e. The van der Waals surface area contributed by atoms with Crippen LogP contribution in [0.2, 0.25) is 18.6 Å². The third-order valence-corrected chi connectivity index (χ3v) is 18.0.